The molecule has 15 heavy (non-hydrogen) atoms. The minimum Gasteiger partial charge on any atom is -0.462 e. The monoisotopic (exact) mass is 251 g/mol. The van der Waals surface area contributed by atoms with Crippen molar-refractivity contribution in [3.05, 3.63) is 27.5 Å². The van der Waals surface area contributed by atoms with Gasteiger partial charge in [0, 0.05) is 0 Å². The van der Waals surface area contributed by atoms with Gasteiger partial charge in [-0.05, 0) is 13.0 Å². The second kappa shape index (κ2) is 4.68. The largest absolute Gasteiger partial charge is 0.462 e. The highest BCUT2D eigenvalue weighted by atomic mass is 35.5. The van der Waals surface area contributed by atoms with Crippen molar-refractivity contribution in [2.24, 2.45) is 0 Å². The molecule has 0 spiro atoms. The average Bonchev–Trinajstić information content (AvgIpc) is 2.16. The number of benzene rings is 1. The normalized spacial score (nSPS) is 10.1. The van der Waals surface area contributed by atoms with Gasteiger partial charge in [-0.15, -0.1) is 0 Å². The zero-order valence-corrected chi connectivity index (χ0v) is 9.32. The molecule has 0 fully saturated rings. The fourth-order valence-corrected chi connectivity index (χ4v) is 1.44. The summed E-state index contributed by atoms with van der Waals surface area (Å²) in [7, 11) is 0. The molecule has 0 aliphatic heterocycles. The van der Waals surface area contributed by atoms with E-state index in [0.29, 0.717) is 0 Å². The van der Waals surface area contributed by atoms with Crippen molar-refractivity contribution < 1.29 is 13.9 Å². The van der Waals surface area contributed by atoms with E-state index >= 15 is 0 Å². The van der Waals surface area contributed by atoms with E-state index < -0.39 is 11.8 Å². The number of nitrogen functional groups attached to an aromatic ring is 1. The maximum Gasteiger partial charge on any atom is 0.341 e. The lowest BCUT2D eigenvalue weighted by Gasteiger charge is -2.09. The van der Waals surface area contributed by atoms with Crippen LogP contribution in [0, 0.1) is 5.82 Å². The van der Waals surface area contributed by atoms with E-state index in [9.17, 15) is 9.18 Å². The summed E-state index contributed by atoms with van der Waals surface area (Å²) in [6.45, 7) is 1.76. The predicted octanol–water partition coefficient (Wildman–Crippen LogP) is 2.89. The van der Waals surface area contributed by atoms with Crippen molar-refractivity contribution in [2.75, 3.05) is 12.3 Å². The quantitative estimate of drug-likeness (QED) is 0.500. The van der Waals surface area contributed by atoms with E-state index in [2.05, 4.69) is 4.74 Å². The second-order valence-corrected chi connectivity index (χ2v) is 3.45. The highest BCUT2D eigenvalue weighted by Crippen LogP contribution is 2.32. The fourth-order valence-electron chi connectivity index (χ4n) is 1.01. The first-order valence-electron chi connectivity index (χ1n) is 4.09. The predicted molar refractivity (Wildman–Crippen MR) is 56.8 cm³/mol. The average molecular weight is 252 g/mol. The summed E-state index contributed by atoms with van der Waals surface area (Å²) in [5.74, 6) is -1.59. The summed E-state index contributed by atoms with van der Waals surface area (Å²) in [5.41, 5.74) is 4.77. The minimum absolute atomic E-state index is 0.0774. The maximum absolute atomic E-state index is 13.1. The number of anilines is 1. The summed E-state index contributed by atoms with van der Waals surface area (Å²) in [6.07, 6.45) is 0. The lowest BCUT2D eigenvalue weighted by molar-refractivity contribution is 0.0527. The number of hydrogen-bond donors (Lipinski definition) is 1. The van der Waals surface area contributed by atoms with Crippen molar-refractivity contribution in [3.63, 3.8) is 0 Å². The van der Waals surface area contributed by atoms with Crippen LogP contribution in [0.25, 0.3) is 0 Å². The van der Waals surface area contributed by atoms with Gasteiger partial charge in [0.2, 0.25) is 0 Å². The Morgan fingerprint density at radius 2 is 2.20 bits per heavy atom. The molecule has 0 saturated carbocycles. The number of carbonyl (C=O) groups excluding carboxylic acids is 1. The van der Waals surface area contributed by atoms with Crippen molar-refractivity contribution >= 4 is 34.9 Å². The van der Waals surface area contributed by atoms with Crippen molar-refractivity contribution in [2.45, 2.75) is 6.92 Å². The molecule has 1 aromatic rings. The molecule has 0 aliphatic rings. The van der Waals surface area contributed by atoms with E-state index in [1.165, 1.54) is 0 Å². The SMILES string of the molecule is CCOC(=O)c1c(N)c(F)cc(Cl)c1Cl. The van der Waals surface area contributed by atoms with Gasteiger partial charge >= 0.3 is 5.97 Å². The van der Waals surface area contributed by atoms with E-state index in [0.717, 1.165) is 6.07 Å². The third kappa shape index (κ3) is 2.33. The van der Waals surface area contributed by atoms with Crippen LogP contribution in [-0.4, -0.2) is 12.6 Å². The fraction of sp³-hybridized carbons (Fsp3) is 0.222. The summed E-state index contributed by atoms with van der Waals surface area (Å²) in [5, 5.41) is -0.180. The van der Waals surface area contributed by atoms with Gasteiger partial charge in [0.25, 0.3) is 0 Å². The van der Waals surface area contributed by atoms with E-state index in [-0.39, 0.29) is 27.9 Å². The van der Waals surface area contributed by atoms with Crippen LogP contribution >= 0.6 is 23.2 Å². The summed E-state index contributed by atoms with van der Waals surface area (Å²) in [6, 6.07) is 0.946. The van der Waals surface area contributed by atoms with E-state index in [4.69, 9.17) is 28.9 Å². The van der Waals surface area contributed by atoms with Crippen LogP contribution in [0.3, 0.4) is 0 Å². The van der Waals surface area contributed by atoms with Gasteiger partial charge in [-0.25, -0.2) is 9.18 Å². The van der Waals surface area contributed by atoms with Crippen molar-refractivity contribution in [1.82, 2.24) is 0 Å². The third-order valence-electron chi connectivity index (χ3n) is 1.69. The Hall–Kier alpha value is -1.00. The molecule has 3 nitrogen and oxygen atoms in total. The van der Waals surface area contributed by atoms with Crippen LogP contribution in [0.1, 0.15) is 17.3 Å². The molecular weight excluding hydrogens is 244 g/mol. The zero-order valence-electron chi connectivity index (χ0n) is 7.81. The van der Waals surface area contributed by atoms with Gasteiger partial charge in [-0.3, -0.25) is 0 Å². The number of hydrogen-bond acceptors (Lipinski definition) is 3. The number of rotatable bonds is 2. The van der Waals surface area contributed by atoms with Crippen LogP contribution < -0.4 is 5.73 Å². The lowest BCUT2D eigenvalue weighted by Crippen LogP contribution is -2.10. The smallest absolute Gasteiger partial charge is 0.341 e. The highest BCUT2D eigenvalue weighted by molar-refractivity contribution is 6.44. The molecule has 2 N–H and O–H groups in total. The van der Waals surface area contributed by atoms with Gasteiger partial charge < -0.3 is 10.5 Å². The highest BCUT2D eigenvalue weighted by Gasteiger charge is 2.21. The molecule has 82 valence electrons. The van der Waals surface area contributed by atoms with Gasteiger partial charge in [-0.1, -0.05) is 23.2 Å². The first-order valence-corrected chi connectivity index (χ1v) is 4.84. The Bertz CT molecular complexity index is 383. The molecular formula is C9H8Cl2FNO2. The standard InChI is InChI=1S/C9H8Cl2FNO2/c1-2-15-9(14)6-7(11)4(10)3-5(12)8(6)13/h3H,2,13H2,1H3. The molecule has 0 amide bonds. The molecule has 0 aromatic heterocycles. The first kappa shape index (κ1) is 12.1. The topological polar surface area (TPSA) is 52.3 Å². The van der Waals surface area contributed by atoms with E-state index in [1.54, 1.807) is 6.92 Å². The third-order valence-corrected chi connectivity index (χ3v) is 2.48. The number of ether oxygens (including phenoxy) is 1. The summed E-state index contributed by atoms with van der Waals surface area (Å²) >= 11 is 11.3. The van der Waals surface area contributed by atoms with Crippen molar-refractivity contribution in [3.8, 4) is 0 Å². The Labute approximate surface area is 95.9 Å². The van der Waals surface area contributed by atoms with E-state index in [1.807, 2.05) is 0 Å². The Kier molecular flexibility index (Phi) is 3.77. The Morgan fingerprint density at radius 1 is 1.60 bits per heavy atom. The number of carbonyl (C=O) groups is 1. The molecule has 1 rings (SSSR count). The van der Waals surface area contributed by atoms with Gasteiger partial charge in [0.15, 0.2) is 0 Å². The molecule has 0 radical (unpaired) electrons. The molecule has 0 atom stereocenters. The van der Waals surface area contributed by atoms with Gasteiger partial charge in [-0.2, -0.15) is 0 Å². The molecule has 6 heteroatoms. The maximum atomic E-state index is 13.1. The molecule has 0 aliphatic carbocycles. The number of esters is 1. The Balaban J connectivity index is 3.32. The molecule has 0 heterocycles. The van der Waals surface area contributed by atoms with Crippen LogP contribution in [0.5, 0.6) is 0 Å². The molecule has 0 bridgehead atoms. The first-order chi connectivity index (χ1) is 6.99. The lowest BCUT2D eigenvalue weighted by atomic mass is 10.1. The minimum atomic E-state index is -0.799. The summed E-state index contributed by atoms with van der Waals surface area (Å²) < 4.78 is 17.8. The molecule has 0 unspecified atom stereocenters. The molecule has 0 saturated heterocycles. The summed E-state index contributed by atoms with van der Waals surface area (Å²) in [4.78, 5) is 11.4. The molecule has 1 aromatic carbocycles. The Morgan fingerprint density at radius 3 is 2.73 bits per heavy atom. The number of nitrogens with two attached hydrogens (primary N) is 1. The number of halogens is 3. The zero-order chi connectivity index (χ0) is 11.6. The van der Waals surface area contributed by atoms with Crippen molar-refractivity contribution in [1.29, 1.82) is 0 Å². The second-order valence-electron chi connectivity index (χ2n) is 2.66. The van der Waals surface area contributed by atoms with Crippen LogP contribution in [-0.2, 0) is 4.74 Å². The van der Waals surface area contributed by atoms with Crippen LogP contribution in [0.4, 0.5) is 10.1 Å². The van der Waals surface area contributed by atoms with Crippen LogP contribution in [0.2, 0.25) is 10.0 Å². The van der Waals surface area contributed by atoms with Gasteiger partial charge in [0.1, 0.15) is 11.4 Å². The van der Waals surface area contributed by atoms with Crippen LogP contribution in [0.15, 0.2) is 6.07 Å². The van der Waals surface area contributed by atoms with Gasteiger partial charge in [0.05, 0.1) is 22.3 Å².